The number of nitrogens with zero attached hydrogens (tertiary/aromatic N) is 1. The Morgan fingerprint density at radius 2 is 2.22 bits per heavy atom. The zero-order chi connectivity index (χ0) is 13.1. The quantitative estimate of drug-likeness (QED) is 0.702. The van der Waals surface area contributed by atoms with Crippen molar-refractivity contribution in [1.82, 2.24) is 15.6 Å². The van der Waals surface area contributed by atoms with Crippen molar-refractivity contribution in [2.45, 2.75) is 31.8 Å². The van der Waals surface area contributed by atoms with Gasteiger partial charge in [-0.3, -0.25) is 14.6 Å². The molecule has 4 N–H and O–H groups in total. The summed E-state index contributed by atoms with van der Waals surface area (Å²) in [6, 6.07) is 2.77. The van der Waals surface area contributed by atoms with Crippen LogP contribution in [0.15, 0.2) is 18.3 Å². The van der Waals surface area contributed by atoms with E-state index < -0.39 is 11.9 Å². The van der Waals surface area contributed by atoms with Gasteiger partial charge in [0, 0.05) is 17.9 Å². The van der Waals surface area contributed by atoms with E-state index in [1.54, 1.807) is 13.0 Å². The highest BCUT2D eigenvalue weighted by atomic mass is 16.2. The van der Waals surface area contributed by atoms with E-state index in [0.717, 1.165) is 12.8 Å². The molecule has 0 spiro atoms. The summed E-state index contributed by atoms with van der Waals surface area (Å²) in [6.45, 7) is 1.64. The van der Waals surface area contributed by atoms with Gasteiger partial charge in [-0.15, -0.1) is 0 Å². The summed E-state index contributed by atoms with van der Waals surface area (Å²) < 4.78 is 0. The molecule has 1 atom stereocenters. The van der Waals surface area contributed by atoms with Crippen LogP contribution in [0.1, 0.15) is 30.3 Å². The maximum atomic E-state index is 11.8. The zero-order valence-corrected chi connectivity index (χ0v) is 10.1. The Balaban J connectivity index is 1.91. The molecule has 2 amide bonds. The normalized spacial score (nSPS) is 15.8. The Bertz CT molecular complexity index is 471. The molecule has 96 valence electrons. The monoisotopic (exact) mass is 248 g/mol. The highest BCUT2D eigenvalue weighted by Crippen LogP contribution is 2.18. The topological polar surface area (TPSA) is 97.1 Å². The summed E-state index contributed by atoms with van der Waals surface area (Å²) in [5.74, 6) is -0.574. The molecule has 1 heterocycles. The lowest BCUT2D eigenvalue weighted by atomic mass is 10.2. The molecule has 0 aromatic carbocycles. The SMILES string of the molecule is CC(NC(=O)c1cc(N)ccn1)C(=O)NC1CC1. The number of rotatable bonds is 4. The van der Waals surface area contributed by atoms with E-state index in [-0.39, 0.29) is 17.6 Å². The number of carbonyl (C=O) groups excluding carboxylic acids is 2. The lowest BCUT2D eigenvalue weighted by Gasteiger charge is -2.13. The van der Waals surface area contributed by atoms with Gasteiger partial charge in [0.1, 0.15) is 11.7 Å². The van der Waals surface area contributed by atoms with Crippen LogP contribution < -0.4 is 16.4 Å². The van der Waals surface area contributed by atoms with Gasteiger partial charge >= 0.3 is 0 Å². The van der Waals surface area contributed by atoms with Crippen molar-refractivity contribution in [3.8, 4) is 0 Å². The second kappa shape index (κ2) is 5.03. The largest absolute Gasteiger partial charge is 0.399 e. The number of pyridine rings is 1. The van der Waals surface area contributed by atoms with E-state index in [1.165, 1.54) is 12.3 Å². The van der Waals surface area contributed by atoms with Crippen molar-refractivity contribution >= 4 is 17.5 Å². The van der Waals surface area contributed by atoms with Gasteiger partial charge in [-0.05, 0) is 31.9 Å². The van der Waals surface area contributed by atoms with Crippen LogP contribution in [-0.4, -0.2) is 28.9 Å². The lowest BCUT2D eigenvalue weighted by Crippen LogP contribution is -2.45. The van der Waals surface area contributed by atoms with Crippen LogP contribution in [0.4, 0.5) is 5.69 Å². The van der Waals surface area contributed by atoms with Crippen LogP contribution in [0.25, 0.3) is 0 Å². The molecule has 1 saturated carbocycles. The van der Waals surface area contributed by atoms with Gasteiger partial charge in [0.25, 0.3) is 5.91 Å². The van der Waals surface area contributed by atoms with E-state index in [9.17, 15) is 9.59 Å². The van der Waals surface area contributed by atoms with E-state index in [1.807, 2.05) is 0 Å². The molecule has 0 saturated heterocycles. The van der Waals surface area contributed by atoms with Crippen LogP contribution in [0, 0.1) is 0 Å². The van der Waals surface area contributed by atoms with E-state index in [4.69, 9.17) is 5.73 Å². The molecule has 18 heavy (non-hydrogen) atoms. The lowest BCUT2D eigenvalue weighted by molar-refractivity contribution is -0.122. The van der Waals surface area contributed by atoms with Crippen LogP contribution in [0.5, 0.6) is 0 Å². The van der Waals surface area contributed by atoms with Gasteiger partial charge in [0.2, 0.25) is 5.91 Å². The number of anilines is 1. The molecule has 1 aromatic heterocycles. The van der Waals surface area contributed by atoms with Crippen molar-refractivity contribution < 1.29 is 9.59 Å². The Labute approximate surface area is 105 Å². The van der Waals surface area contributed by atoms with Crippen molar-refractivity contribution in [3.63, 3.8) is 0 Å². The molecule has 2 rings (SSSR count). The van der Waals surface area contributed by atoms with Gasteiger partial charge in [-0.2, -0.15) is 0 Å². The molecule has 0 bridgehead atoms. The molecule has 1 aliphatic carbocycles. The number of amides is 2. The third-order valence-electron chi connectivity index (χ3n) is 2.68. The second-order valence-electron chi connectivity index (χ2n) is 4.45. The number of carbonyl (C=O) groups is 2. The maximum absolute atomic E-state index is 11.8. The van der Waals surface area contributed by atoms with Crippen molar-refractivity contribution in [1.29, 1.82) is 0 Å². The molecule has 0 aliphatic heterocycles. The van der Waals surface area contributed by atoms with Gasteiger partial charge in [-0.1, -0.05) is 0 Å². The summed E-state index contributed by atoms with van der Waals surface area (Å²) in [5.41, 5.74) is 6.23. The maximum Gasteiger partial charge on any atom is 0.270 e. The number of nitrogens with one attached hydrogen (secondary N) is 2. The summed E-state index contributed by atoms with van der Waals surface area (Å²) in [6.07, 6.45) is 3.49. The fourth-order valence-corrected chi connectivity index (χ4v) is 1.46. The first kappa shape index (κ1) is 12.3. The van der Waals surface area contributed by atoms with Gasteiger partial charge in [0.15, 0.2) is 0 Å². The Kier molecular flexibility index (Phi) is 3.45. The third-order valence-corrected chi connectivity index (χ3v) is 2.68. The number of hydrogen-bond acceptors (Lipinski definition) is 4. The Morgan fingerprint density at radius 3 is 2.83 bits per heavy atom. The summed E-state index contributed by atoms with van der Waals surface area (Å²) >= 11 is 0. The standard InChI is InChI=1S/C12H16N4O2/c1-7(11(17)16-9-2-3-9)15-12(18)10-6-8(13)4-5-14-10/h4-7,9H,2-3H2,1H3,(H2,13,14)(H,15,18)(H,16,17). The average Bonchev–Trinajstić information content (AvgIpc) is 3.12. The number of hydrogen-bond donors (Lipinski definition) is 3. The third kappa shape index (κ3) is 3.19. The number of aromatic nitrogens is 1. The molecule has 1 aliphatic rings. The molecule has 6 nitrogen and oxygen atoms in total. The minimum absolute atomic E-state index is 0.172. The number of nitrogens with two attached hydrogens (primary N) is 1. The fourth-order valence-electron chi connectivity index (χ4n) is 1.46. The van der Waals surface area contributed by atoms with E-state index in [2.05, 4.69) is 15.6 Å². The van der Waals surface area contributed by atoms with Crippen LogP contribution in [0.3, 0.4) is 0 Å². The molecule has 1 fully saturated rings. The minimum Gasteiger partial charge on any atom is -0.399 e. The predicted octanol–water partition coefficient (Wildman–Crippen LogP) is 0.0607. The first-order valence-corrected chi connectivity index (χ1v) is 5.89. The number of nitrogen functional groups attached to an aromatic ring is 1. The zero-order valence-electron chi connectivity index (χ0n) is 10.1. The molecule has 6 heteroatoms. The first-order chi connectivity index (χ1) is 8.56. The van der Waals surface area contributed by atoms with Gasteiger partial charge in [-0.25, -0.2) is 0 Å². The average molecular weight is 248 g/mol. The molecular weight excluding hydrogens is 232 g/mol. The first-order valence-electron chi connectivity index (χ1n) is 5.89. The van der Waals surface area contributed by atoms with Gasteiger partial charge < -0.3 is 16.4 Å². The van der Waals surface area contributed by atoms with Crippen LogP contribution >= 0.6 is 0 Å². The van der Waals surface area contributed by atoms with E-state index in [0.29, 0.717) is 5.69 Å². The van der Waals surface area contributed by atoms with Crippen LogP contribution in [0.2, 0.25) is 0 Å². The summed E-state index contributed by atoms with van der Waals surface area (Å²) in [5, 5.41) is 5.41. The van der Waals surface area contributed by atoms with Crippen molar-refractivity contribution in [2.24, 2.45) is 0 Å². The molecule has 0 radical (unpaired) electrons. The Hall–Kier alpha value is -2.11. The molecule has 1 unspecified atom stereocenters. The highest BCUT2D eigenvalue weighted by molar-refractivity contribution is 5.96. The van der Waals surface area contributed by atoms with E-state index >= 15 is 0 Å². The smallest absolute Gasteiger partial charge is 0.270 e. The fraction of sp³-hybridized carbons (Fsp3) is 0.417. The minimum atomic E-state index is -0.582. The summed E-state index contributed by atoms with van der Waals surface area (Å²) in [7, 11) is 0. The van der Waals surface area contributed by atoms with Crippen molar-refractivity contribution in [2.75, 3.05) is 5.73 Å². The highest BCUT2D eigenvalue weighted by Gasteiger charge is 2.26. The predicted molar refractivity (Wildman–Crippen MR) is 66.7 cm³/mol. The van der Waals surface area contributed by atoms with Gasteiger partial charge in [0.05, 0.1) is 0 Å². The Morgan fingerprint density at radius 1 is 1.50 bits per heavy atom. The summed E-state index contributed by atoms with van der Waals surface area (Å²) in [4.78, 5) is 27.4. The second-order valence-corrected chi connectivity index (χ2v) is 4.45. The molecular formula is C12H16N4O2. The molecule has 1 aromatic rings. The van der Waals surface area contributed by atoms with Crippen LogP contribution in [-0.2, 0) is 4.79 Å². The van der Waals surface area contributed by atoms with Crippen molar-refractivity contribution in [3.05, 3.63) is 24.0 Å².